The van der Waals surface area contributed by atoms with Crippen LogP contribution in [0.2, 0.25) is 0 Å². The maximum absolute atomic E-state index is 13.3. The molecule has 1 aromatic heterocycles. The van der Waals surface area contributed by atoms with E-state index in [2.05, 4.69) is 16.0 Å². The van der Waals surface area contributed by atoms with Crippen LogP contribution in [-0.2, 0) is 16.0 Å². The molecule has 0 saturated carbocycles. The van der Waals surface area contributed by atoms with Crippen LogP contribution >= 0.6 is 0 Å². The number of benzene rings is 2. The first-order valence-corrected chi connectivity index (χ1v) is 12.0. The number of primary amides is 1. The molecule has 1 aliphatic heterocycles. The lowest BCUT2D eigenvalue weighted by Gasteiger charge is -2.25. The number of nitrogens with two attached hydrogens (primary N) is 1. The molecule has 38 heavy (non-hydrogen) atoms. The van der Waals surface area contributed by atoms with E-state index in [0.29, 0.717) is 11.4 Å². The second-order valence-electron chi connectivity index (χ2n) is 8.87. The number of carbonyl (C=O) groups excluding carboxylic acids is 4. The molecular formula is C27H29N5O6. The Morgan fingerprint density at radius 1 is 1.08 bits per heavy atom. The molecule has 3 atom stereocenters. The maximum Gasteiger partial charge on any atom is 0.319 e. The number of anilines is 1. The van der Waals surface area contributed by atoms with Gasteiger partial charge in [-0.3, -0.25) is 14.4 Å². The van der Waals surface area contributed by atoms with Crippen LogP contribution in [0.25, 0.3) is 0 Å². The Hall–Kier alpha value is -4.80. The third-order valence-electron chi connectivity index (χ3n) is 6.20. The van der Waals surface area contributed by atoms with Gasteiger partial charge in [0.1, 0.15) is 17.8 Å². The molecule has 5 N–H and O–H groups in total. The summed E-state index contributed by atoms with van der Waals surface area (Å²) in [7, 11) is 1.52. The standard InChI is InChI=1S/C27H29N5O6/c1-37-20-10-5-9-18(14-20)29-27(36)30-19-15-22(32(16-19)26(35)23-11-6-12-38-23)25(34)31-21(24(28)33)13-17-7-3-2-4-8-17/h2-12,14,19,21-22H,13,15-16H2,1H3,(H2,28,33)(H,31,34)(H2,29,30,36)/t19-,21+,22-/m0/s1. The summed E-state index contributed by atoms with van der Waals surface area (Å²) < 4.78 is 10.4. The molecule has 1 fully saturated rings. The summed E-state index contributed by atoms with van der Waals surface area (Å²) in [5, 5.41) is 8.21. The molecular weight excluding hydrogens is 490 g/mol. The number of ether oxygens (including phenoxy) is 1. The average Bonchev–Trinajstić information content (AvgIpc) is 3.59. The molecule has 3 aromatic rings. The van der Waals surface area contributed by atoms with Gasteiger partial charge in [0.25, 0.3) is 5.91 Å². The van der Waals surface area contributed by atoms with Crippen molar-refractivity contribution < 1.29 is 28.3 Å². The van der Waals surface area contributed by atoms with E-state index >= 15 is 0 Å². The van der Waals surface area contributed by atoms with Crippen LogP contribution in [0.4, 0.5) is 10.5 Å². The predicted octanol–water partition coefficient (Wildman–Crippen LogP) is 1.91. The molecule has 0 radical (unpaired) electrons. The normalized spacial score (nSPS) is 17.3. The zero-order chi connectivity index (χ0) is 27.1. The van der Waals surface area contributed by atoms with Crippen LogP contribution in [-0.4, -0.2) is 60.4 Å². The number of methoxy groups -OCH3 is 1. The Morgan fingerprint density at radius 2 is 1.87 bits per heavy atom. The van der Waals surface area contributed by atoms with Gasteiger partial charge in [-0.05, 0) is 36.2 Å². The van der Waals surface area contributed by atoms with E-state index in [0.717, 1.165) is 5.56 Å². The summed E-state index contributed by atoms with van der Waals surface area (Å²) in [5.74, 6) is -1.12. The first-order chi connectivity index (χ1) is 18.3. The minimum absolute atomic E-state index is 0.0556. The SMILES string of the molecule is COc1cccc(NC(=O)N[C@H]2C[C@@H](C(=O)N[C@H](Cc3ccccc3)C(N)=O)N(C(=O)c3ccco3)C2)c1. The highest BCUT2D eigenvalue weighted by atomic mass is 16.5. The maximum atomic E-state index is 13.3. The lowest BCUT2D eigenvalue weighted by atomic mass is 10.0. The van der Waals surface area contributed by atoms with Crippen LogP contribution in [0.1, 0.15) is 22.5 Å². The minimum atomic E-state index is -0.978. The monoisotopic (exact) mass is 519 g/mol. The number of likely N-dealkylation sites (tertiary alicyclic amines) is 1. The average molecular weight is 520 g/mol. The number of nitrogens with one attached hydrogen (secondary N) is 3. The van der Waals surface area contributed by atoms with Crippen molar-refractivity contribution >= 4 is 29.4 Å². The molecule has 2 aromatic carbocycles. The van der Waals surface area contributed by atoms with Gasteiger partial charge in [-0.2, -0.15) is 0 Å². The highest BCUT2D eigenvalue weighted by Crippen LogP contribution is 2.23. The molecule has 0 spiro atoms. The van der Waals surface area contributed by atoms with Gasteiger partial charge < -0.3 is 35.7 Å². The van der Waals surface area contributed by atoms with Crippen molar-refractivity contribution in [2.24, 2.45) is 5.73 Å². The molecule has 0 aliphatic carbocycles. The molecule has 5 amide bonds. The van der Waals surface area contributed by atoms with Crippen molar-refractivity contribution in [2.75, 3.05) is 19.0 Å². The Bertz CT molecular complexity index is 1280. The van der Waals surface area contributed by atoms with Crippen LogP contribution in [0, 0.1) is 0 Å². The van der Waals surface area contributed by atoms with E-state index in [1.807, 2.05) is 30.3 Å². The fourth-order valence-corrected chi connectivity index (χ4v) is 4.35. The molecule has 0 unspecified atom stereocenters. The highest BCUT2D eigenvalue weighted by molar-refractivity contribution is 5.97. The molecule has 1 saturated heterocycles. The van der Waals surface area contributed by atoms with Crippen molar-refractivity contribution in [3.8, 4) is 5.75 Å². The van der Waals surface area contributed by atoms with Crippen LogP contribution in [0.3, 0.4) is 0 Å². The van der Waals surface area contributed by atoms with Crippen molar-refractivity contribution in [1.82, 2.24) is 15.5 Å². The van der Waals surface area contributed by atoms with Gasteiger partial charge in [-0.25, -0.2) is 4.79 Å². The third kappa shape index (κ3) is 6.49. The number of hydrogen-bond donors (Lipinski definition) is 4. The Morgan fingerprint density at radius 3 is 2.55 bits per heavy atom. The molecule has 11 nitrogen and oxygen atoms in total. The quantitative estimate of drug-likeness (QED) is 0.338. The van der Waals surface area contributed by atoms with Crippen LogP contribution in [0.5, 0.6) is 5.75 Å². The first kappa shape index (κ1) is 26.3. The molecule has 4 rings (SSSR count). The van der Waals surface area contributed by atoms with E-state index in [4.69, 9.17) is 14.9 Å². The summed E-state index contributed by atoms with van der Waals surface area (Å²) in [6.45, 7) is 0.0586. The summed E-state index contributed by atoms with van der Waals surface area (Å²) in [6, 6.07) is 16.1. The second-order valence-corrected chi connectivity index (χ2v) is 8.87. The van der Waals surface area contributed by atoms with Crippen molar-refractivity contribution in [3.05, 3.63) is 84.3 Å². The second kappa shape index (κ2) is 12.0. The van der Waals surface area contributed by atoms with E-state index < -0.39 is 41.9 Å². The van der Waals surface area contributed by atoms with E-state index in [1.165, 1.54) is 24.3 Å². The topological polar surface area (TPSA) is 156 Å². The molecule has 0 bridgehead atoms. The lowest BCUT2D eigenvalue weighted by Crippen LogP contribution is -2.53. The number of nitrogens with zero attached hydrogens (tertiary/aromatic N) is 1. The van der Waals surface area contributed by atoms with E-state index in [9.17, 15) is 19.2 Å². The van der Waals surface area contributed by atoms with Crippen LogP contribution in [0.15, 0.2) is 77.4 Å². The van der Waals surface area contributed by atoms with Gasteiger partial charge in [-0.1, -0.05) is 36.4 Å². The number of amides is 5. The molecule has 198 valence electrons. The van der Waals surface area contributed by atoms with Gasteiger partial charge in [0.15, 0.2) is 5.76 Å². The fourth-order valence-electron chi connectivity index (χ4n) is 4.35. The van der Waals surface area contributed by atoms with Gasteiger partial charge in [0, 0.05) is 24.7 Å². The number of carbonyl (C=O) groups is 4. The number of hydrogen-bond acceptors (Lipinski definition) is 6. The third-order valence-corrected chi connectivity index (χ3v) is 6.20. The van der Waals surface area contributed by atoms with Crippen molar-refractivity contribution in [2.45, 2.75) is 31.0 Å². The van der Waals surface area contributed by atoms with Crippen LogP contribution < -0.4 is 26.4 Å². The van der Waals surface area contributed by atoms with Crippen molar-refractivity contribution in [1.29, 1.82) is 0 Å². The largest absolute Gasteiger partial charge is 0.497 e. The Labute approximate surface area is 219 Å². The zero-order valence-corrected chi connectivity index (χ0v) is 20.8. The number of furan rings is 1. The summed E-state index contributed by atoms with van der Waals surface area (Å²) in [5.41, 5.74) is 6.90. The number of rotatable bonds is 9. The first-order valence-electron chi connectivity index (χ1n) is 12.0. The Kier molecular flexibility index (Phi) is 8.27. The minimum Gasteiger partial charge on any atom is -0.497 e. The highest BCUT2D eigenvalue weighted by Gasteiger charge is 2.42. The van der Waals surface area contributed by atoms with E-state index in [-0.39, 0.29) is 25.1 Å². The lowest BCUT2D eigenvalue weighted by molar-refractivity contribution is -0.129. The summed E-state index contributed by atoms with van der Waals surface area (Å²) in [6.07, 6.45) is 1.69. The van der Waals surface area contributed by atoms with Gasteiger partial charge in [0.05, 0.1) is 19.4 Å². The smallest absolute Gasteiger partial charge is 0.319 e. The fraction of sp³-hybridized carbons (Fsp3) is 0.259. The summed E-state index contributed by atoms with van der Waals surface area (Å²) >= 11 is 0. The number of urea groups is 1. The molecule has 2 heterocycles. The Balaban J connectivity index is 1.47. The molecule has 1 aliphatic rings. The van der Waals surface area contributed by atoms with Gasteiger partial charge >= 0.3 is 6.03 Å². The van der Waals surface area contributed by atoms with E-state index in [1.54, 1.807) is 30.3 Å². The van der Waals surface area contributed by atoms with Crippen molar-refractivity contribution in [3.63, 3.8) is 0 Å². The summed E-state index contributed by atoms with van der Waals surface area (Å²) in [4.78, 5) is 52.6. The predicted molar refractivity (Wildman–Crippen MR) is 138 cm³/mol. The van der Waals surface area contributed by atoms with Gasteiger partial charge in [-0.15, -0.1) is 0 Å². The van der Waals surface area contributed by atoms with Gasteiger partial charge in [0.2, 0.25) is 11.8 Å². The zero-order valence-electron chi connectivity index (χ0n) is 20.8. The molecule has 11 heteroatoms.